The molecule has 0 atom stereocenters. The van der Waals surface area contributed by atoms with Gasteiger partial charge in [0, 0.05) is 25.4 Å². The highest BCUT2D eigenvalue weighted by molar-refractivity contribution is 5.46. The topological polar surface area (TPSA) is 12.5 Å². The first-order chi connectivity index (χ1) is 8.23. The van der Waals surface area contributed by atoms with Crippen molar-refractivity contribution in [1.82, 2.24) is 0 Å². The lowest BCUT2D eigenvalue weighted by Gasteiger charge is -2.40. The van der Waals surface area contributed by atoms with Crippen LogP contribution in [0.1, 0.15) is 26.7 Å². The molecule has 0 saturated carbocycles. The summed E-state index contributed by atoms with van der Waals surface area (Å²) in [5, 5.41) is 0. The van der Waals surface area contributed by atoms with Gasteiger partial charge in [0.15, 0.2) is 0 Å². The molecule has 2 heteroatoms. The molecule has 1 heterocycles. The van der Waals surface area contributed by atoms with E-state index in [9.17, 15) is 0 Å². The summed E-state index contributed by atoms with van der Waals surface area (Å²) in [6.07, 6.45) is 2.45. The predicted octanol–water partition coefficient (Wildman–Crippen LogP) is 3.33. The minimum atomic E-state index is 0.376. The molecule has 17 heavy (non-hydrogen) atoms. The maximum absolute atomic E-state index is 5.60. The van der Waals surface area contributed by atoms with Gasteiger partial charge in [-0.2, -0.15) is 0 Å². The third-order valence-corrected chi connectivity index (χ3v) is 3.75. The van der Waals surface area contributed by atoms with Crippen molar-refractivity contribution in [3.8, 4) is 0 Å². The fourth-order valence-electron chi connectivity index (χ4n) is 2.44. The highest BCUT2D eigenvalue weighted by Gasteiger charge is 2.30. The summed E-state index contributed by atoms with van der Waals surface area (Å²) < 4.78 is 5.60. The van der Waals surface area contributed by atoms with E-state index in [-0.39, 0.29) is 0 Å². The number of rotatable bonds is 4. The van der Waals surface area contributed by atoms with E-state index < -0.39 is 0 Å². The SMILES string of the molecule is CCOCC1(C)CCN(c2ccccc2)CC1. The Morgan fingerprint density at radius 3 is 2.41 bits per heavy atom. The summed E-state index contributed by atoms with van der Waals surface area (Å²) in [6.45, 7) is 8.46. The van der Waals surface area contributed by atoms with Crippen molar-refractivity contribution >= 4 is 5.69 Å². The normalized spacial score (nSPS) is 19.3. The van der Waals surface area contributed by atoms with Crippen molar-refractivity contribution in [2.45, 2.75) is 26.7 Å². The third kappa shape index (κ3) is 3.22. The summed E-state index contributed by atoms with van der Waals surface area (Å²) in [5.74, 6) is 0. The maximum atomic E-state index is 5.60. The highest BCUT2D eigenvalue weighted by Crippen LogP contribution is 2.33. The summed E-state index contributed by atoms with van der Waals surface area (Å²) in [7, 11) is 0. The Labute approximate surface area is 105 Å². The van der Waals surface area contributed by atoms with Gasteiger partial charge in [0.2, 0.25) is 0 Å². The number of nitrogens with zero attached hydrogens (tertiary/aromatic N) is 1. The van der Waals surface area contributed by atoms with E-state index in [1.807, 2.05) is 0 Å². The maximum Gasteiger partial charge on any atom is 0.0520 e. The molecule has 0 unspecified atom stereocenters. The van der Waals surface area contributed by atoms with Crippen LogP contribution in [0.15, 0.2) is 30.3 Å². The molecule has 0 aliphatic carbocycles. The van der Waals surface area contributed by atoms with E-state index in [1.165, 1.54) is 18.5 Å². The molecule has 0 spiro atoms. The Morgan fingerprint density at radius 1 is 1.18 bits per heavy atom. The lowest BCUT2D eigenvalue weighted by Crippen LogP contribution is -2.40. The van der Waals surface area contributed by atoms with Crippen LogP contribution < -0.4 is 4.90 Å². The van der Waals surface area contributed by atoms with Crippen LogP contribution in [0.4, 0.5) is 5.69 Å². The second kappa shape index (κ2) is 5.54. The van der Waals surface area contributed by atoms with Crippen molar-refractivity contribution in [2.75, 3.05) is 31.2 Å². The summed E-state index contributed by atoms with van der Waals surface area (Å²) in [5.41, 5.74) is 1.73. The number of benzene rings is 1. The molecular formula is C15H23NO. The zero-order chi connectivity index (χ0) is 12.1. The molecule has 1 fully saturated rings. The molecule has 1 saturated heterocycles. The van der Waals surface area contributed by atoms with Crippen LogP contribution in [-0.2, 0) is 4.74 Å². The quantitative estimate of drug-likeness (QED) is 0.791. The lowest BCUT2D eigenvalue weighted by molar-refractivity contribution is 0.0459. The number of anilines is 1. The van der Waals surface area contributed by atoms with Crippen LogP contribution in [0.25, 0.3) is 0 Å². The van der Waals surface area contributed by atoms with Crippen molar-refractivity contribution in [1.29, 1.82) is 0 Å². The molecule has 0 N–H and O–H groups in total. The number of piperidine rings is 1. The van der Waals surface area contributed by atoms with Crippen LogP contribution >= 0.6 is 0 Å². The van der Waals surface area contributed by atoms with E-state index in [1.54, 1.807) is 0 Å². The Bertz CT molecular complexity index is 328. The molecule has 2 nitrogen and oxygen atoms in total. The van der Waals surface area contributed by atoms with E-state index >= 15 is 0 Å². The van der Waals surface area contributed by atoms with Gasteiger partial charge in [-0.25, -0.2) is 0 Å². The zero-order valence-corrected chi connectivity index (χ0v) is 11.0. The minimum Gasteiger partial charge on any atom is -0.381 e. The third-order valence-electron chi connectivity index (χ3n) is 3.75. The van der Waals surface area contributed by atoms with Gasteiger partial charge in [0.05, 0.1) is 6.61 Å². The van der Waals surface area contributed by atoms with Gasteiger partial charge in [-0.1, -0.05) is 25.1 Å². The lowest BCUT2D eigenvalue weighted by atomic mass is 9.81. The van der Waals surface area contributed by atoms with Gasteiger partial charge in [0.25, 0.3) is 0 Å². The first kappa shape index (κ1) is 12.4. The first-order valence-electron chi connectivity index (χ1n) is 6.61. The molecule has 0 amide bonds. The number of hydrogen-bond acceptors (Lipinski definition) is 2. The van der Waals surface area contributed by atoms with Crippen molar-refractivity contribution in [2.24, 2.45) is 5.41 Å². The number of ether oxygens (including phenoxy) is 1. The Morgan fingerprint density at radius 2 is 1.82 bits per heavy atom. The van der Waals surface area contributed by atoms with E-state index in [0.717, 1.165) is 26.3 Å². The van der Waals surface area contributed by atoms with Crippen molar-refractivity contribution < 1.29 is 4.74 Å². The van der Waals surface area contributed by atoms with Crippen molar-refractivity contribution in [3.63, 3.8) is 0 Å². The van der Waals surface area contributed by atoms with E-state index in [4.69, 9.17) is 4.74 Å². The van der Waals surface area contributed by atoms with E-state index in [0.29, 0.717) is 5.41 Å². The number of para-hydroxylation sites is 1. The van der Waals surface area contributed by atoms with Gasteiger partial charge in [-0.3, -0.25) is 0 Å². The fraction of sp³-hybridized carbons (Fsp3) is 0.600. The summed E-state index contributed by atoms with van der Waals surface area (Å²) in [6, 6.07) is 10.7. The van der Waals surface area contributed by atoms with Gasteiger partial charge < -0.3 is 9.64 Å². The molecule has 0 aromatic heterocycles. The van der Waals surface area contributed by atoms with E-state index in [2.05, 4.69) is 49.1 Å². The average molecular weight is 233 g/mol. The highest BCUT2D eigenvalue weighted by atomic mass is 16.5. The molecule has 2 rings (SSSR count). The molecule has 1 aliphatic heterocycles. The van der Waals surface area contributed by atoms with Crippen LogP contribution in [-0.4, -0.2) is 26.3 Å². The standard InChI is InChI=1S/C15H23NO/c1-3-17-13-15(2)9-11-16(12-10-15)14-7-5-4-6-8-14/h4-8H,3,9-13H2,1-2H3. The molecule has 0 bridgehead atoms. The fourth-order valence-corrected chi connectivity index (χ4v) is 2.44. The monoisotopic (exact) mass is 233 g/mol. The minimum absolute atomic E-state index is 0.376. The summed E-state index contributed by atoms with van der Waals surface area (Å²) >= 11 is 0. The number of hydrogen-bond donors (Lipinski definition) is 0. The Kier molecular flexibility index (Phi) is 4.06. The molecule has 1 aromatic rings. The molecule has 94 valence electrons. The van der Waals surface area contributed by atoms with Gasteiger partial charge >= 0.3 is 0 Å². The van der Waals surface area contributed by atoms with Crippen LogP contribution in [0.3, 0.4) is 0 Å². The smallest absolute Gasteiger partial charge is 0.0520 e. The largest absolute Gasteiger partial charge is 0.381 e. The van der Waals surface area contributed by atoms with Gasteiger partial charge in [-0.05, 0) is 37.3 Å². The Balaban J connectivity index is 1.90. The zero-order valence-electron chi connectivity index (χ0n) is 11.0. The van der Waals surface area contributed by atoms with Crippen LogP contribution in [0.5, 0.6) is 0 Å². The average Bonchev–Trinajstić information content (AvgIpc) is 2.38. The second-order valence-corrected chi connectivity index (χ2v) is 5.27. The van der Waals surface area contributed by atoms with Crippen LogP contribution in [0.2, 0.25) is 0 Å². The predicted molar refractivity (Wildman–Crippen MR) is 72.5 cm³/mol. The first-order valence-corrected chi connectivity index (χ1v) is 6.61. The summed E-state index contributed by atoms with van der Waals surface area (Å²) in [4.78, 5) is 2.48. The van der Waals surface area contributed by atoms with Crippen LogP contribution in [0, 0.1) is 5.41 Å². The molecule has 1 aromatic carbocycles. The molecule has 0 radical (unpaired) electrons. The van der Waals surface area contributed by atoms with Gasteiger partial charge in [-0.15, -0.1) is 0 Å². The Hall–Kier alpha value is -1.02. The molecular weight excluding hydrogens is 210 g/mol. The second-order valence-electron chi connectivity index (χ2n) is 5.27. The van der Waals surface area contributed by atoms with Gasteiger partial charge in [0.1, 0.15) is 0 Å². The molecule has 1 aliphatic rings. The van der Waals surface area contributed by atoms with Crippen molar-refractivity contribution in [3.05, 3.63) is 30.3 Å².